The van der Waals surface area contributed by atoms with Crippen molar-refractivity contribution < 1.29 is 15.0 Å². The van der Waals surface area contributed by atoms with Crippen molar-refractivity contribution >= 4 is 17.7 Å². The zero-order valence-corrected chi connectivity index (χ0v) is 18.6. The number of rotatable bonds is 11. The van der Waals surface area contributed by atoms with E-state index in [0.717, 1.165) is 42.3 Å². The Morgan fingerprint density at radius 1 is 1.26 bits per heavy atom. The van der Waals surface area contributed by atoms with E-state index in [1.54, 1.807) is 6.26 Å². The maximum atomic E-state index is 12.0. The van der Waals surface area contributed by atoms with Gasteiger partial charge in [0, 0.05) is 24.9 Å². The van der Waals surface area contributed by atoms with Crippen LogP contribution in [-0.4, -0.2) is 45.9 Å². The van der Waals surface area contributed by atoms with E-state index in [0.29, 0.717) is 16.8 Å². The fourth-order valence-electron chi connectivity index (χ4n) is 2.77. The first-order chi connectivity index (χ1) is 12.5. The maximum Gasteiger partial charge on any atom is 0.351 e. The lowest BCUT2D eigenvalue weighted by atomic mass is 9.95. The van der Waals surface area contributed by atoms with E-state index in [-0.39, 0.29) is 0 Å². The van der Waals surface area contributed by atoms with Gasteiger partial charge in [-0.2, -0.15) is 0 Å². The zero-order valence-electron chi connectivity index (χ0n) is 17.8. The number of thioether (sulfide) groups is 1. The predicted molar refractivity (Wildman–Crippen MR) is 118 cm³/mol. The summed E-state index contributed by atoms with van der Waals surface area (Å²) >= 11 is 0.885. The average molecular weight is 394 g/mol. The second-order valence-electron chi connectivity index (χ2n) is 6.82. The number of allylic oxidation sites excluding steroid dienone is 6. The summed E-state index contributed by atoms with van der Waals surface area (Å²) in [6, 6.07) is 0. The molecule has 0 saturated carbocycles. The van der Waals surface area contributed by atoms with Gasteiger partial charge in [-0.25, -0.2) is 4.79 Å². The average Bonchev–Trinajstić information content (AvgIpc) is 2.57. The molecule has 152 valence electrons. The summed E-state index contributed by atoms with van der Waals surface area (Å²) in [7, 11) is 1.91. The molecule has 0 aliphatic rings. The summed E-state index contributed by atoms with van der Waals surface area (Å²) in [5.74, 6) is -1.30. The Morgan fingerprint density at radius 3 is 2.26 bits per heavy atom. The molecule has 0 bridgehead atoms. The van der Waals surface area contributed by atoms with Gasteiger partial charge in [-0.15, -0.1) is 11.8 Å². The molecular formula is C22H35NO3S. The molecule has 0 saturated heterocycles. The van der Waals surface area contributed by atoms with Crippen molar-refractivity contribution in [1.29, 1.82) is 0 Å². The van der Waals surface area contributed by atoms with Gasteiger partial charge in [0.05, 0.1) is 0 Å². The van der Waals surface area contributed by atoms with E-state index in [1.165, 1.54) is 0 Å². The predicted octanol–water partition coefficient (Wildman–Crippen LogP) is 5.15. The first-order valence-corrected chi connectivity index (χ1v) is 10.4. The normalized spacial score (nSPS) is 15.2. The van der Waals surface area contributed by atoms with Gasteiger partial charge in [0.1, 0.15) is 0 Å². The highest BCUT2D eigenvalue weighted by molar-refractivity contribution is 8.00. The Bertz CT molecular complexity index is 654. The molecule has 0 aliphatic heterocycles. The zero-order chi connectivity index (χ0) is 21.2. The van der Waals surface area contributed by atoms with Gasteiger partial charge < -0.3 is 15.1 Å². The van der Waals surface area contributed by atoms with Gasteiger partial charge in [0.2, 0.25) is 4.93 Å². The Kier molecular flexibility index (Phi) is 11.1. The van der Waals surface area contributed by atoms with E-state index in [1.807, 2.05) is 63.9 Å². The molecule has 0 aromatic rings. The Hall–Kier alpha value is -1.72. The summed E-state index contributed by atoms with van der Waals surface area (Å²) < 4.78 is 0. The quantitative estimate of drug-likeness (QED) is 0.375. The largest absolute Gasteiger partial charge is 0.478 e. The molecule has 1 unspecified atom stereocenters. The number of aliphatic carboxylic acids is 1. The number of nitrogens with zero attached hydrogens (tertiary/aromatic N) is 1. The minimum atomic E-state index is -2.09. The van der Waals surface area contributed by atoms with Crippen LogP contribution >= 0.6 is 11.8 Å². The van der Waals surface area contributed by atoms with Crippen molar-refractivity contribution in [2.45, 2.75) is 52.4 Å². The Balaban J connectivity index is 6.67. The highest BCUT2D eigenvalue weighted by atomic mass is 32.2. The first-order valence-electron chi connectivity index (χ1n) is 9.17. The Morgan fingerprint density at radius 2 is 1.85 bits per heavy atom. The molecule has 0 aliphatic carbocycles. The fraction of sp³-hybridized carbons (Fsp3) is 0.500. The molecular weight excluding hydrogens is 358 g/mol. The van der Waals surface area contributed by atoms with Crippen molar-refractivity contribution in [2.75, 3.05) is 19.8 Å². The third kappa shape index (κ3) is 7.43. The number of hydrogen-bond acceptors (Lipinski definition) is 4. The van der Waals surface area contributed by atoms with Crippen molar-refractivity contribution in [3.63, 3.8) is 0 Å². The first kappa shape index (κ1) is 25.3. The molecule has 0 heterocycles. The summed E-state index contributed by atoms with van der Waals surface area (Å²) in [5, 5.41) is 20.8. The summed E-state index contributed by atoms with van der Waals surface area (Å²) in [4.78, 5) is 11.9. The van der Waals surface area contributed by atoms with Crippen LogP contribution in [-0.2, 0) is 4.79 Å². The molecule has 27 heavy (non-hydrogen) atoms. The number of unbranched alkanes of at least 4 members (excludes halogenated alkanes) is 1. The molecule has 0 fully saturated rings. The van der Waals surface area contributed by atoms with E-state index in [9.17, 15) is 15.0 Å². The highest BCUT2D eigenvalue weighted by Gasteiger charge is 2.42. The molecule has 0 spiro atoms. The van der Waals surface area contributed by atoms with Crippen LogP contribution in [0.1, 0.15) is 47.5 Å². The van der Waals surface area contributed by atoms with Crippen molar-refractivity contribution in [3.05, 3.63) is 58.9 Å². The van der Waals surface area contributed by atoms with Crippen LogP contribution in [0.4, 0.5) is 0 Å². The van der Waals surface area contributed by atoms with Crippen LogP contribution in [0.2, 0.25) is 0 Å². The Labute approximate surface area is 169 Å². The number of hydrogen-bond donors (Lipinski definition) is 2. The number of likely N-dealkylation sites (N-methyl/N-ethyl adjacent to an activating group) is 1. The lowest BCUT2D eigenvalue weighted by Gasteiger charge is -2.31. The summed E-state index contributed by atoms with van der Waals surface area (Å²) in [6.45, 7) is 14.8. The third-order valence-electron chi connectivity index (χ3n) is 4.00. The lowest BCUT2D eigenvalue weighted by Crippen LogP contribution is -2.39. The lowest BCUT2D eigenvalue weighted by molar-refractivity contribution is -0.146. The van der Waals surface area contributed by atoms with Crippen molar-refractivity contribution in [3.8, 4) is 0 Å². The smallest absolute Gasteiger partial charge is 0.351 e. The van der Waals surface area contributed by atoms with Crippen molar-refractivity contribution in [2.24, 2.45) is 0 Å². The van der Waals surface area contributed by atoms with Gasteiger partial charge in [-0.3, -0.25) is 0 Å². The van der Waals surface area contributed by atoms with Crippen LogP contribution in [0.5, 0.6) is 0 Å². The maximum absolute atomic E-state index is 12.0. The van der Waals surface area contributed by atoms with E-state index in [2.05, 4.69) is 13.5 Å². The topological polar surface area (TPSA) is 60.8 Å². The van der Waals surface area contributed by atoms with E-state index < -0.39 is 10.9 Å². The molecule has 0 rings (SSSR count). The van der Waals surface area contributed by atoms with Crippen LogP contribution in [0.3, 0.4) is 0 Å². The van der Waals surface area contributed by atoms with Crippen LogP contribution in [0, 0.1) is 0 Å². The molecule has 0 radical (unpaired) electrons. The molecule has 4 nitrogen and oxygen atoms in total. The van der Waals surface area contributed by atoms with Crippen LogP contribution in [0.15, 0.2) is 58.9 Å². The minimum Gasteiger partial charge on any atom is -0.478 e. The number of carboxylic acid groups (broad SMARTS) is 1. The van der Waals surface area contributed by atoms with Gasteiger partial charge in [0.15, 0.2) is 0 Å². The van der Waals surface area contributed by atoms with Gasteiger partial charge in [-0.05, 0) is 52.0 Å². The minimum absolute atomic E-state index is 0.306. The monoisotopic (exact) mass is 393 g/mol. The van der Waals surface area contributed by atoms with Gasteiger partial charge >= 0.3 is 5.97 Å². The molecule has 0 amide bonds. The standard InChI is InChI=1S/C22H35NO3S/c1-9-11-13-23(7)19(12-10-2)20(22(26,27-8)21(24)25)18(6)15-17(5)14-16(3)4/h10,12,14-15,26H,6,9,11,13H2,1-5,7-8H3,(H,24,25)/b12-10-,17-15-,20-19+. The summed E-state index contributed by atoms with van der Waals surface area (Å²) in [6.07, 6.45) is 11.1. The molecule has 0 aromatic carbocycles. The van der Waals surface area contributed by atoms with Crippen LogP contribution < -0.4 is 0 Å². The van der Waals surface area contributed by atoms with Gasteiger partial charge in [0.25, 0.3) is 0 Å². The van der Waals surface area contributed by atoms with E-state index >= 15 is 0 Å². The van der Waals surface area contributed by atoms with E-state index in [4.69, 9.17) is 0 Å². The van der Waals surface area contributed by atoms with Gasteiger partial charge in [-0.1, -0.05) is 49.3 Å². The molecule has 1 atom stereocenters. The molecule has 2 N–H and O–H groups in total. The molecule has 0 aromatic heterocycles. The molecule has 5 heteroatoms. The van der Waals surface area contributed by atoms with Crippen molar-refractivity contribution in [1.82, 2.24) is 4.90 Å². The number of carboxylic acids is 1. The SMILES string of the molecule is C=C(/C=C(/C)C=C(C)C)/C(=C(/C=C\C)N(C)CCCC)C(O)(SC)C(=O)O. The third-order valence-corrected chi connectivity index (χ3v) is 4.97. The van der Waals surface area contributed by atoms with Crippen LogP contribution in [0.25, 0.3) is 0 Å². The fourth-order valence-corrected chi connectivity index (χ4v) is 3.39. The second kappa shape index (κ2) is 11.9. The number of aliphatic hydroxyl groups is 1. The number of carbonyl (C=O) groups is 1. The highest BCUT2D eigenvalue weighted by Crippen LogP contribution is 2.37. The summed E-state index contributed by atoms with van der Waals surface area (Å²) in [5.41, 5.74) is 3.54. The second-order valence-corrected chi connectivity index (χ2v) is 7.82.